The molecule has 2 atom stereocenters. The third kappa shape index (κ3) is 2.19. The summed E-state index contributed by atoms with van der Waals surface area (Å²) < 4.78 is 1.27. The number of hydrogen-bond donors (Lipinski definition) is 0. The topological polar surface area (TPSA) is 26.1 Å². The van der Waals surface area contributed by atoms with Gasteiger partial charge in [0.15, 0.2) is 12.3 Å². The molecule has 3 heteroatoms. The molecular formula is C14H18ClNO. The van der Waals surface area contributed by atoms with Gasteiger partial charge in [0.1, 0.15) is 0 Å². The highest BCUT2D eigenvalue weighted by Crippen LogP contribution is 2.38. The second-order valence-corrected chi connectivity index (χ2v) is 4.92. The third-order valence-corrected chi connectivity index (χ3v) is 4.02. The van der Waals surface area contributed by atoms with Crippen LogP contribution in [0, 0.1) is 11.1 Å². The Kier molecular flexibility index (Phi) is 3.72. The van der Waals surface area contributed by atoms with E-state index in [0.717, 1.165) is 6.42 Å². The van der Waals surface area contributed by atoms with Crippen LogP contribution in [-0.2, 0) is 0 Å². The minimum atomic E-state index is 0. The molecule has 0 bridgehead atoms. The molecule has 1 heterocycles. The predicted molar refractivity (Wildman–Crippen MR) is 71.9 cm³/mol. The summed E-state index contributed by atoms with van der Waals surface area (Å²) in [5, 5.41) is 11.9. The lowest BCUT2D eigenvalue weighted by Crippen LogP contribution is -2.22. The molecule has 2 unspecified atom stereocenters. The molecule has 2 nitrogen and oxygen atoms in total. The molecule has 1 aromatic rings. The van der Waals surface area contributed by atoms with Crippen LogP contribution in [0.1, 0.15) is 37.2 Å². The van der Waals surface area contributed by atoms with Gasteiger partial charge in [-0.2, -0.15) is 0 Å². The maximum absolute atomic E-state index is 11.9. The number of benzene rings is 1. The van der Waals surface area contributed by atoms with Crippen molar-refractivity contribution in [3.8, 4) is 0 Å². The smallest absolute Gasteiger partial charge is 0.167 e. The van der Waals surface area contributed by atoms with Crippen LogP contribution < -0.4 is 0 Å². The van der Waals surface area contributed by atoms with E-state index in [4.69, 9.17) is 0 Å². The normalized spacial score (nSPS) is 27.5. The quantitative estimate of drug-likeness (QED) is 0.555. The van der Waals surface area contributed by atoms with Crippen LogP contribution in [0.2, 0.25) is 0 Å². The predicted octanol–water partition coefficient (Wildman–Crippen LogP) is 3.35. The lowest BCUT2D eigenvalue weighted by molar-refractivity contribution is -0.452. The Bertz CT molecular complexity index is 415. The van der Waals surface area contributed by atoms with Gasteiger partial charge in [-0.05, 0) is 18.4 Å². The van der Waals surface area contributed by atoms with Crippen LogP contribution in [0.25, 0.3) is 0 Å². The average Bonchev–Trinajstić information content (AvgIpc) is 2.69. The molecule has 0 amide bonds. The number of fused-ring (bicyclic) bond motifs is 1. The van der Waals surface area contributed by atoms with Crippen molar-refractivity contribution >= 4 is 18.1 Å². The molecule has 17 heavy (non-hydrogen) atoms. The summed E-state index contributed by atoms with van der Waals surface area (Å²) in [7, 11) is 0. The fourth-order valence-electron chi connectivity index (χ4n) is 3.23. The van der Waals surface area contributed by atoms with Crippen LogP contribution in [0.4, 0.5) is 0 Å². The fourth-order valence-corrected chi connectivity index (χ4v) is 3.23. The van der Waals surface area contributed by atoms with Crippen LogP contribution in [0.15, 0.2) is 30.3 Å². The maximum Gasteiger partial charge on any atom is 0.167 e. The Labute approximate surface area is 108 Å². The highest BCUT2D eigenvalue weighted by molar-refractivity contribution is 5.85. The molecule has 0 N–H and O–H groups in total. The van der Waals surface area contributed by atoms with Gasteiger partial charge in [0.25, 0.3) is 0 Å². The van der Waals surface area contributed by atoms with E-state index < -0.39 is 0 Å². The van der Waals surface area contributed by atoms with Crippen LogP contribution >= 0.6 is 12.4 Å². The first-order valence-electron chi connectivity index (χ1n) is 6.21. The molecule has 0 aromatic heterocycles. The van der Waals surface area contributed by atoms with Gasteiger partial charge in [-0.15, -0.1) is 12.4 Å². The first kappa shape index (κ1) is 12.4. The van der Waals surface area contributed by atoms with E-state index in [-0.39, 0.29) is 12.4 Å². The van der Waals surface area contributed by atoms with E-state index in [1.165, 1.54) is 35.3 Å². The van der Waals surface area contributed by atoms with Gasteiger partial charge in [0.2, 0.25) is 0 Å². The molecule has 1 saturated carbocycles. The van der Waals surface area contributed by atoms with E-state index in [1.54, 1.807) is 0 Å². The van der Waals surface area contributed by atoms with Crippen molar-refractivity contribution in [1.29, 1.82) is 0 Å². The molecule has 1 fully saturated rings. The molecule has 3 rings (SSSR count). The molecule has 0 saturated heterocycles. The summed E-state index contributed by atoms with van der Waals surface area (Å²) in [6.07, 6.45) is 4.71. The highest BCUT2D eigenvalue weighted by Gasteiger charge is 2.41. The van der Waals surface area contributed by atoms with Crippen molar-refractivity contribution in [2.45, 2.75) is 31.6 Å². The standard InChI is InChI=1S/C14H17NO.ClH/c16-15-10-13(11-6-2-1-3-7-11)12-8-4-5-9-14(12)15;/h1-3,6-7,12-13H,4-5,8-10H2;1H. The molecule has 92 valence electrons. The van der Waals surface area contributed by atoms with Crippen molar-refractivity contribution in [1.82, 2.24) is 0 Å². The van der Waals surface area contributed by atoms with E-state index in [2.05, 4.69) is 24.3 Å². The average molecular weight is 252 g/mol. The lowest BCUT2D eigenvalue weighted by atomic mass is 9.78. The molecule has 1 aliphatic heterocycles. The largest absolute Gasteiger partial charge is 0.624 e. The second-order valence-electron chi connectivity index (χ2n) is 4.92. The number of hydrogen-bond acceptors (Lipinski definition) is 1. The number of nitrogens with zero attached hydrogens (tertiary/aromatic N) is 1. The van der Waals surface area contributed by atoms with Gasteiger partial charge in [0.05, 0.1) is 11.8 Å². The summed E-state index contributed by atoms with van der Waals surface area (Å²) in [5.74, 6) is 0.961. The summed E-state index contributed by atoms with van der Waals surface area (Å²) in [4.78, 5) is 0. The van der Waals surface area contributed by atoms with E-state index >= 15 is 0 Å². The molecule has 1 aliphatic carbocycles. The Morgan fingerprint density at radius 2 is 1.82 bits per heavy atom. The summed E-state index contributed by atoms with van der Waals surface area (Å²) in [5.41, 5.74) is 2.50. The van der Waals surface area contributed by atoms with E-state index in [1.807, 2.05) is 6.07 Å². The Hall–Kier alpha value is -1.02. The van der Waals surface area contributed by atoms with Gasteiger partial charge in [-0.3, -0.25) is 0 Å². The van der Waals surface area contributed by atoms with Crippen LogP contribution in [0.5, 0.6) is 0 Å². The molecule has 0 radical (unpaired) electrons. The lowest BCUT2D eigenvalue weighted by Gasteiger charge is -2.21. The Balaban J connectivity index is 0.00000108. The number of hydroxylamine groups is 1. The Morgan fingerprint density at radius 3 is 2.59 bits per heavy atom. The highest BCUT2D eigenvalue weighted by atomic mass is 35.5. The van der Waals surface area contributed by atoms with Crippen molar-refractivity contribution < 1.29 is 4.74 Å². The van der Waals surface area contributed by atoms with Crippen molar-refractivity contribution in [3.05, 3.63) is 41.1 Å². The SMILES string of the molecule is Cl.[O-][N+]1=C2CCCCC2C(c2ccccc2)C1. The molecule has 1 aromatic carbocycles. The number of rotatable bonds is 1. The van der Waals surface area contributed by atoms with Gasteiger partial charge >= 0.3 is 0 Å². The second kappa shape index (κ2) is 5.09. The first-order valence-corrected chi connectivity index (χ1v) is 6.21. The zero-order chi connectivity index (χ0) is 11.0. The first-order chi connectivity index (χ1) is 7.86. The molecule has 0 spiro atoms. The monoisotopic (exact) mass is 251 g/mol. The third-order valence-electron chi connectivity index (χ3n) is 4.02. The minimum Gasteiger partial charge on any atom is -0.624 e. The Morgan fingerprint density at radius 1 is 1.06 bits per heavy atom. The zero-order valence-corrected chi connectivity index (χ0v) is 10.7. The van der Waals surface area contributed by atoms with Crippen molar-refractivity contribution in [2.24, 2.45) is 5.92 Å². The van der Waals surface area contributed by atoms with Gasteiger partial charge in [-0.1, -0.05) is 36.8 Å². The van der Waals surface area contributed by atoms with Gasteiger partial charge in [-0.25, -0.2) is 4.74 Å². The summed E-state index contributed by atoms with van der Waals surface area (Å²) in [6.45, 7) is 0.671. The number of halogens is 1. The fraction of sp³-hybridized carbons (Fsp3) is 0.500. The summed E-state index contributed by atoms with van der Waals surface area (Å²) >= 11 is 0. The van der Waals surface area contributed by atoms with Crippen LogP contribution in [0.3, 0.4) is 0 Å². The van der Waals surface area contributed by atoms with Crippen molar-refractivity contribution in [2.75, 3.05) is 6.54 Å². The summed E-state index contributed by atoms with van der Waals surface area (Å²) in [6, 6.07) is 10.5. The minimum absolute atomic E-state index is 0. The maximum atomic E-state index is 11.9. The van der Waals surface area contributed by atoms with E-state index in [0.29, 0.717) is 18.4 Å². The molecular weight excluding hydrogens is 234 g/mol. The van der Waals surface area contributed by atoms with Crippen molar-refractivity contribution in [3.63, 3.8) is 0 Å². The molecule has 2 aliphatic rings. The van der Waals surface area contributed by atoms with Gasteiger partial charge < -0.3 is 5.21 Å². The van der Waals surface area contributed by atoms with E-state index in [9.17, 15) is 5.21 Å². The zero-order valence-electron chi connectivity index (χ0n) is 9.84. The van der Waals surface area contributed by atoms with Gasteiger partial charge in [0, 0.05) is 6.42 Å². The van der Waals surface area contributed by atoms with Crippen LogP contribution in [-0.4, -0.2) is 17.0 Å².